The van der Waals surface area contributed by atoms with Gasteiger partial charge in [0.25, 0.3) is 5.69 Å². The van der Waals surface area contributed by atoms with Crippen LogP contribution in [0.15, 0.2) is 29.3 Å². The number of aliphatic imine (C=N–C) groups is 1. The lowest BCUT2D eigenvalue weighted by molar-refractivity contribution is -0.386. The number of hydrogen-bond donors (Lipinski definition) is 2. The lowest BCUT2D eigenvalue weighted by Gasteiger charge is -2.56. The van der Waals surface area contributed by atoms with Crippen LogP contribution in [-0.4, -0.2) is 60.2 Å². The largest absolute Gasteiger partial charge is 0.467 e. The number of carbonyl (C=O) groups excluding carboxylic acids is 2. The number of esters is 1. The molecule has 150 valence electrons. The molecule has 1 fully saturated rings. The molecule has 1 aromatic carbocycles. The molecule has 11 nitrogen and oxygen atoms in total. The minimum absolute atomic E-state index is 0.0912. The molecule has 0 radical (unpaired) electrons. The molecule has 2 heterocycles. The van der Waals surface area contributed by atoms with Gasteiger partial charge in [-0.05, 0) is 19.9 Å². The van der Waals surface area contributed by atoms with Crippen LogP contribution in [0, 0.1) is 10.1 Å². The Morgan fingerprint density at radius 2 is 1.93 bits per heavy atom. The monoisotopic (exact) mass is 391 g/mol. The first kappa shape index (κ1) is 19.5. The van der Waals surface area contributed by atoms with Crippen molar-refractivity contribution in [1.29, 1.82) is 0 Å². The summed E-state index contributed by atoms with van der Waals surface area (Å²) >= 11 is 0. The molecule has 1 saturated heterocycles. The van der Waals surface area contributed by atoms with E-state index < -0.39 is 40.4 Å². The van der Waals surface area contributed by atoms with Gasteiger partial charge < -0.3 is 14.8 Å². The van der Waals surface area contributed by atoms with Crippen LogP contribution in [0.5, 0.6) is 0 Å². The molecular formula is C17H21N5O6. The zero-order valence-electron chi connectivity index (χ0n) is 15.8. The minimum atomic E-state index is -1.74. The molecule has 0 spiro atoms. The lowest BCUT2D eigenvalue weighted by Crippen LogP contribution is -2.81. The number of benzene rings is 1. The van der Waals surface area contributed by atoms with Crippen LogP contribution < -0.4 is 10.6 Å². The van der Waals surface area contributed by atoms with Crippen molar-refractivity contribution in [3.63, 3.8) is 0 Å². The fourth-order valence-electron chi connectivity index (χ4n) is 4.23. The average molecular weight is 391 g/mol. The van der Waals surface area contributed by atoms with Crippen molar-refractivity contribution in [3.05, 3.63) is 39.9 Å². The van der Waals surface area contributed by atoms with Gasteiger partial charge in [0.15, 0.2) is 5.66 Å². The Balaban J connectivity index is 2.42. The van der Waals surface area contributed by atoms with Crippen LogP contribution in [0.1, 0.15) is 19.4 Å². The van der Waals surface area contributed by atoms with E-state index in [4.69, 9.17) is 9.47 Å². The summed E-state index contributed by atoms with van der Waals surface area (Å²) in [5.74, 6) is -0.757. The number of rotatable bonds is 3. The Labute approximate surface area is 160 Å². The Hall–Kier alpha value is -3.21. The van der Waals surface area contributed by atoms with Crippen LogP contribution in [0.2, 0.25) is 0 Å². The van der Waals surface area contributed by atoms with Gasteiger partial charge in [0.1, 0.15) is 0 Å². The van der Waals surface area contributed by atoms with E-state index in [2.05, 4.69) is 15.6 Å². The third-order valence-corrected chi connectivity index (χ3v) is 5.32. The van der Waals surface area contributed by atoms with Gasteiger partial charge in [0.2, 0.25) is 5.54 Å². The number of nitro benzene ring substituents is 1. The van der Waals surface area contributed by atoms with E-state index in [0.717, 1.165) is 0 Å². The second-order valence-corrected chi connectivity index (χ2v) is 6.55. The van der Waals surface area contributed by atoms with Crippen molar-refractivity contribution in [3.8, 4) is 0 Å². The number of nitrogens with zero attached hydrogens (tertiary/aromatic N) is 3. The highest BCUT2D eigenvalue weighted by atomic mass is 16.6. The SMILES string of the molecule is COC(=O)N1C(C)NC(C)C2(C(=O)OC)N=CNC12c1ccccc1[N+](=O)[O-]. The number of para-hydroxylation sites is 1. The van der Waals surface area contributed by atoms with Gasteiger partial charge in [-0.3, -0.25) is 25.3 Å². The number of amides is 1. The molecule has 4 atom stereocenters. The van der Waals surface area contributed by atoms with Crippen LogP contribution in [0.3, 0.4) is 0 Å². The van der Waals surface area contributed by atoms with Crippen molar-refractivity contribution in [2.75, 3.05) is 14.2 Å². The number of carbonyl (C=O) groups is 2. The van der Waals surface area contributed by atoms with Crippen LogP contribution in [-0.2, 0) is 19.9 Å². The maximum atomic E-state index is 13.0. The van der Waals surface area contributed by atoms with Crippen LogP contribution in [0.4, 0.5) is 10.5 Å². The van der Waals surface area contributed by atoms with E-state index >= 15 is 0 Å². The lowest BCUT2D eigenvalue weighted by atomic mass is 9.71. The summed E-state index contributed by atoms with van der Waals surface area (Å²) in [6.45, 7) is 3.39. The van der Waals surface area contributed by atoms with Crippen molar-refractivity contribution < 1.29 is 24.0 Å². The molecule has 2 aliphatic rings. The van der Waals surface area contributed by atoms with E-state index in [-0.39, 0.29) is 11.3 Å². The van der Waals surface area contributed by atoms with Crippen molar-refractivity contribution >= 4 is 24.1 Å². The number of hydrogen-bond acceptors (Lipinski definition) is 9. The van der Waals surface area contributed by atoms with Gasteiger partial charge in [0.05, 0.1) is 37.2 Å². The fraction of sp³-hybridized carbons (Fsp3) is 0.471. The number of ether oxygens (including phenoxy) is 2. The quantitative estimate of drug-likeness (QED) is 0.437. The number of fused-ring (bicyclic) bond motifs is 1. The van der Waals surface area contributed by atoms with Gasteiger partial charge in [-0.15, -0.1) is 0 Å². The normalized spacial score (nSPS) is 30.9. The first-order chi connectivity index (χ1) is 13.3. The zero-order valence-corrected chi connectivity index (χ0v) is 15.8. The molecule has 1 amide bonds. The molecule has 0 aromatic heterocycles. The maximum absolute atomic E-state index is 13.0. The molecule has 2 N–H and O–H groups in total. The first-order valence-corrected chi connectivity index (χ1v) is 8.55. The summed E-state index contributed by atoms with van der Waals surface area (Å²) in [7, 11) is 2.39. The van der Waals surface area contributed by atoms with Gasteiger partial charge in [-0.2, -0.15) is 0 Å². The van der Waals surface area contributed by atoms with E-state index in [9.17, 15) is 19.7 Å². The number of nitrogens with one attached hydrogen (secondary N) is 2. The average Bonchev–Trinajstić information content (AvgIpc) is 3.09. The summed E-state index contributed by atoms with van der Waals surface area (Å²) in [6.07, 6.45) is -0.176. The Morgan fingerprint density at radius 3 is 2.54 bits per heavy atom. The first-order valence-electron chi connectivity index (χ1n) is 8.55. The Kier molecular flexibility index (Phi) is 4.71. The Morgan fingerprint density at radius 1 is 1.25 bits per heavy atom. The van der Waals surface area contributed by atoms with E-state index in [0.29, 0.717) is 0 Å². The van der Waals surface area contributed by atoms with Gasteiger partial charge in [0, 0.05) is 12.1 Å². The van der Waals surface area contributed by atoms with Crippen molar-refractivity contribution in [2.45, 2.75) is 37.3 Å². The van der Waals surface area contributed by atoms with E-state index in [1.54, 1.807) is 19.9 Å². The van der Waals surface area contributed by atoms with E-state index in [1.165, 1.54) is 43.7 Å². The molecule has 11 heteroatoms. The third kappa shape index (κ3) is 2.29. The molecule has 0 aliphatic carbocycles. The molecule has 3 rings (SSSR count). The van der Waals surface area contributed by atoms with Crippen LogP contribution in [0.25, 0.3) is 0 Å². The van der Waals surface area contributed by atoms with Crippen LogP contribution >= 0.6 is 0 Å². The molecule has 0 bridgehead atoms. The second-order valence-electron chi connectivity index (χ2n) is 6.55. The predicted octanol–water partition coefficient (Wildman–Crippen LogP) is 0.697. The Bertz CT molecular complexity index is 860. The smallest absolute Gasteiger partial charge is 0.413 e. The molecule has 0 saturated carbocycles. The summed E-state index contributed by atoms with van der Waals surface area (Å²) < 4.78 is 9.97. The molecule has 28 heavy (non-hydrogen) atoms. The summed E-state index contributed by atoms with van der Waals surface area (Å²) in [4.78, 5) is 42.6. The fourth-order valence-corrected chi connectivity index (χ4v) is 4.23. The van der Waals surface area contributed by atoms with Gasteiger partial charge >= 0.3 is 12.1 Å². The predicted molar refractivity (Wildman–Crippen MR) is 97.5 cm³/mol. The standard InChI is InChI=1S/C17H21N5O6/c1-10-16(14(23)27-3)17(19-9-18-16,21(11(2)20-10)15(24)28-4)12-7-5-6-8-13(12)22(25)26/h5-11,20H,1-4H3,(H,18,19). The molecule has 4 unspecified atom stereocenters. The van der Waals surface area contributed by atoms with Gasteiger partial charge in [-0.25, -0.2) is 9.59 Å². The molecule has 2 aliphatic heterocycles. The van der Waals surface area contributed by atoms with Gasteiger partial charge in [-0.1, -0.05) is 12.1 Å². The summed E-state index contributed by atoms with van der Waals surface area (Å²) in [6, 6.07) is 5.25. The summed E-state index contributed by atoms with van der Waals surface area (Å²) in [5, 5.41) is 17.8. The number of nitro groups is 1. The highest BCUT2D eigenvalue weighted by Gasteiger charge is 2.73. The zero-order chi connectivity index (χ0) is 20.7. The molecule has 1 aromatic rings. The van der Waals surface area contributed by atoms with E-state index in [1.807, 2.05) is 0 Å². The van der Waals surface area contributed by atoms with Crippen molar-refractivity contribution in [2.24, 2.45) is 4.99 Å². The minimum Gasteiger partial charge on any atom is -0.467 e. The second kappa shape index (κ2) is 6.75. The summed E-state index contributed by atoms with van der Waals surface area (Å²) in [5.41, 5.74) is -3.65. The molecular weight excluding hydrogens is 370 g/mol. The van der Waals surface area contributed by atoms with Crippen molar-refractivity contribution in [1.82, 2.24) is 15.5 Å². The topological polar surface area (TPSA) is 135 Å². The third-order valence-electron chi connectivity index (χ3n) is 5.32. The maximum Gasteiger partial charge on any atom is 0.413 e. The highest BCUT2D eigenvalue weighted by molar-refractivity contribution is 5.91. The highest BCUT2D eigenvalue weighted by Crippen LogP contribution is 2.50. The number of methoxy groups -OCH3 is 2.